The summed E-state index contributed by atoms with van der Waals surface area (Å²) >= 11 is 0. The quantitative estimate of drug-likeness (QED) is 0.197. The zero-order valence-electron chi connectivity index (χ0n) is 25.3. The minimum atomic E-state index is 0.605. The van der Waals surface area contributed by atoms with Crippen molar-refractivity contribution in [3.63, 3.8) is 0 Å². The summed E-state index contributed by atoms with van der Waals surface area (Å²) in [5, 5.41) is 4.45. The highest BCUT2D eigenvalue weighted by Gasteiger charge is 2.18. The molecule has 0 N–H and O–H groups in total. The van der Waals surface area contributed by atoms with Gasteiger partial charge in [-0.1, -0.05) is 140 Å². The molecule has 4 nitrogen and oxygen atoms in total. The first-order valence-electron chi connectivity index (χ1n) is 15.7. The van der Waals surface area contributed by atoms with Crippen LogP contribution >= 0.6 is 0 Å². The molecular weight excluding hydrogens is 574 g/mol. The van der Waals surface area contributed by atoms with Crippen LogP contribution in [0, 0.1) is 0 Å². The number of hydrogen-bond donors (Lipinski definition) is 0. The van der Waals surface area contributed by atoms with E-state index in [4.69, 9.17) is 19.4 Å². The summed E-state index contributed by atoms with van der Waals surface area (Å²) in [7, 11) is 0. The summed E-state index contributed by atoms with van der Waals surface area (Å²) in [6.07, 6.45) is 0. The SMILES string of the molecule is c1ccc(-c2ccc(-c3nc(-c4ccccc4)nc(-c4cccc5oc6cc(-c7ccc8ccccc8c7)ccc6c45)n3)cc2)cc1. The van der Waals surface area contributed by atoms with Gasteiger partial charge in [0, 0.05) is 27.5 Å². The summed E-state index contributed by atoms with van der Waals surface area (Å²) in [6.45, 7) is 0. The third kappa shape index (κ3) is 4.93. The number of nitrogens with zero attached hydrogens (tertiary/aromatic N) is 3. The van der Waals surface area contributed by atoms with E-state index in [2.05, 4.69) is 115 Å². The van der Waals surface area contributed by atoms with Gasteiger partial charge in [-0.05, 0) is 57.3 Å². The van der Waals surface area contributed by atoms with Crippen LogP contribution in [0.3, 0.4) is 0 Å². The molecule has 0 aliphatic rings. The predicted molar refractivity (Wildman–Crippen MR) is 192 cm³/mol. The van der Waals surface area contributed by atoms with Gasteiger partial charge in [-0.3, -0.25) is 0 Å². The van der Waals surface area contributed by atoms with Crippen molar-refractivity contribution in [3.8, 4) is 56.4 Å². The maximum absolute atomic E-state index is 6.48. The molecule has 0 bridgehead atoms. The van der Waals surface area contributed by atoms with Crippen LogP contribution < -0.4 is 0 Å². The maximum atomic E-state index is 6.48. The number of benzene rings is 7. The Morgan fingerprint density at radius 3 is 1.66 bits per heavy atom. The Bertz CT molecular complexity index is 2550. The van der Waals surface area contributed by atoms with Crippen LogP contribution in [-0.4, -0.2) is 15.0 Å². The second kappa shape index (κ2) is 11.2. The van der Waals surface area contributed by atoms with Crippen molar-refractivity contribution >= 4 is 32.7 Å². The maximum Gasteiger partial charge on any atom is 0.164 e. The second-order valence-corrected chi connectivity index (χ2v) is 11.7. The van der Waals surface area contributed by atoms with E-state index in [1.54, 1.807) is 0 Å². The highest BCUT2D eigenvalue weighted by atomic mass is 16.3. The Balaban J connectivity index is 1.18. The average molecular weight is 602 g/mol. The van der Waals surface area contributed by atoms with Gasteiger partial charge in [0.25, 0.3) is 0 Å². The van der Waals surface area contributed by atoms with Crippen LogP contribution in [0.2, 0.25) is 0 Å². The molecule has 0 saturated carbocycles. The van der Waals surface area contributed by atoms with Crippen molar-refractivity contribution in [2.75, 3.05) is 0 Å². The molecule has 0 aliphatic heterocycles. The number of aromatic nitrogens is 3. The Hall–Kier alpha value is -6.39. The van der Waals surface area contributed by atoms with Crippen LogP contribution in [0.4, 0.5) is 0 Å². The number of fused-ring (bicyclic) bond motifs is 4. The smallest absolute Gasteiger partial charge is 0.164 e. The van der Waals surface area contributed by atoms with Crippen LogP contribution in [0.15, 0.2) is 168 Å². The van der Waals surface area contributed by atoms with Crippen LogP contribution in [0.5, 0.6) is 0 Å². The second-order valence-electron chi connectivity index (χ2n) is 11.7. The molecule has 7 aromatic carbocycles. The lowest BCUT2D eigenvalue weighted by Crippen LogP contribution is -2.00. The topological polar surface area (TPSA) is 51.8 Å². The Kier molecular flexibility index (Phi) is 6.43. The molecule has 9 aromatic rings. The lowest BCUT2D eigenvalue weighted by Gasteiger charge is -2.10. The molecule has 2 heterocycles. The molecule has 0 spiro atoms. The first-order chi connectivity index (χ1) is 23.3. The van der Waals surface area contributed by atoms with Gasteiger partial charge in [0.1, 0.15) is 11.2 Å². The molecule has 2 aromatic heterocycles. The van der Waals surface area contributed by atoms with Crippen LogP contribution in [-0.2, 0) is 0 Å². The lowest BCUT2D eigenvalue weighted by atomic mass is 9.99. The van der Waals surface area contributed by atoms with Crippen molar-refractivity contribution in [2.45, 2.75) is 0 Å². The molecule has 220 valence electrons. The van der Waals surface area contributed by atoms with Gasteiger partial charge in [-0.25, -0.2) is 15.0 Å². The van der Waals surface area contributed by atoms with E-state index in [0.717, 1.165) is 55.3 Å². The fourth-order valence-corrected chi connectivity index (χ4v) is 6.34. The summed E-state index contributed by atoms with van der Waals surface area (Å²) in [5.74, 6) is 1.85. The Labute approximate surface area is 271 Å². The molecule has 0 amide bonds. The standard InChI is InChI=1S/C43H27N3O/c1-3-10-28(11-4-1)30-18-21-32(22-19-30)42-44-41(31-13-5-2-6-14-31)45-43(46-42)37-16-9-17-38-40(37)36-25-24-35(27-39(36)47-38)34-23-20-29-12-7-8-15-33(29)26-34/h1-27H. The Morgan fingerprint density at radius 2 is 0.894 bits per heavy atom. The third-order valence-electron chi connectivity index (χ3n) is 8.74. The number of rotatable bonds is 5. The molecular formula is C43H27N3O. The van der Waals surface area contributed by atoms with Gasteiger partial charge < -0.3 is 4.42 Å². The third-order valence-corrected chi connectivity index (χ3v) is 8.74. The zero-order valence-corrected chi connectivity index (χ0v) is 25.3. The van der Waals surface area contributed by atoms with E-state index in [1.807, 2.05) is 48.5 Å². The van der Waals surface area contributed by atoms with Gasteiger partial charge in [0.15, 0.2) is 17.5 Å². The van der Waals surface area contributed by atoms with E-state index in [9.17, 15) is 0 Å². The summed E-state index contributed by atoms with van der Waals surface area (Å²) in [5.41, 5.74) is 8.96. The van der Waals surface area contributed by atoms with E-state index < -0.39 is 0 Å². The normalized spacial score (nSPS) is 11.4. The summed E-state index contributed by atoms with van der Waals surface area (Å²) in [6, 6.07) is 56.4. The molecule has 4 heteroatoms. The monoisotopic (exact) mass is 601 g/mol. The van der Waals surface area contributed by atoms with Gasteiger partial charge in [-0.15, -0.1) is 0 Å². The Morgan fingerprint density at radius 1 is 0.340 bits per heavy atom. The predicted octanol–water partition coefficient (Wildman–Crippen LogP) is 11.3. The van der Waals surface area contributed by atoms with Crippen molar-refractivity contribution in [1.29, 1.82) is 0 Å². The van der Waals surface area contributed by atoms with Gasteiger partial charge in [0.2, 0.25) is 0 Å². The molecule has 47 heavy (non-hydrogen) atoms. The molecule has 0 radical (unpaired) electrons. The first kappa shape index (κ1) is 27.0. The summed E-state index contributed by atoms with van der Waals surface area (Å²) in [4.78, 5) is 15.1. The lowest BCUT2D eigenvalue weighted by molar-refractivity contribution is 0.669. The van der Waals surface area contributed by atoms with Crippen LogP contribution in [0.1, 0.15) is 0 Å². The van der Waals surface area contributed by atoms with Crippen molar-refractivity contribution in [1.82, 2.24) is 15.0 Å². The average Bonchev–Trinajstić information content (AvgIpc) is 3.53. The molecule has 0 aliphatic carbocycles. The van der Waals surface area contributed by atoms with Crippen molar-refractivity contribution in [2.24, 2.45) is 0 Å². The van der Waals surface area contributed by atoms with E-state index in [-0.39, 0.29) is 0 Å². The van der Waals surface area contributed by atoms with Crippen molar-refractivity contribution in [3.05, 3.63) is 164 Å². The van der Waals surface area contributed by atoms with Gasteiger partial charge in [0.05, 0.1) is 0 Å². The van der Waals surface area contributed by atoms with E-state index in [1.165, 1.54) is 16.3 Å². The van der Waals surface area contributed by atoms with Crippen LogP contribution in [0.25, 0.3) is 89.1 Å². The van der Waals surface area contributed by atoms with E-state index >= 15 is 0 Å². The molecule has 0 fully saturated rings. The number of hydrogen-bond acceptors (Lipinski definition) is 4. The van der Waals surface area contributed by atoms with Gasteiger partial charge in [-0.2, -0.15) is 0 Å². The highest BCUT2D eigenvalue weighted by Crippen LogP contribution is 2.38. The molecule has 0 saturated heterocycles. The number of furan rings is 1. The fraction of sp³-hybridized carbons (Fsp3) is 0. The summed E-state index contributed by atoms with van der Waals surface area (Å²) < 4.78 is 6.48. The highest BCUT2D eigenvalue weighted by molar-refractivity contribution is 6.12. The minimum Gasteiger partial charge on any atom is -0.456 e. The van der Waals surface area contributed by atoms with Crippen molar-refractivity contribution < 1.29 is 4.42 Å². The fourth-order valence-electron chi connectivity index (χ4n) is 6.34. The largest absolute Gasteiger partial charge is 0.456 e. The molecule has 0 unspecified atom stereocenters. The van der Waals surface area contributed by atoms with Gasteiger partial charge >= 0.3 is 0 Å². The molecule has 9 rings (SSSR count). The zero-order chi connectivity index (χ0) is 31.2. The first-order valence-corrected chi connectivity index (χ1v) is 15.7. The molecule has 0 atom stereocenters. The van der Waals surface area contributed by atoms with E-state index in [0.29, 0.717) is 17.5 Å². The minimum absolute atomic E-state index is 0.605.